The lowest BCUT2D eigenvalue weighted by Gasteiger charge is -2.11. The minimum Gasteiger partial charge on any atom is -0.352 e. The lowest BCUT2D eigenvalue weighted by Crippen LogP contribution is -2.25. The summed E-state index contributed by atoms with van der Waals surface area (Å²) in [6.45, 7) is 2.27. The Morgan fingerprint density at radius 3 is 2.74 bits per heavy atom. The van der Waals surface area contributed by atoms with Crippen LogP contribution in [-0.2, 0) is 17.6 Å². The molecular weight excluding hydrogens is 468 g/mol. The Bertz CT molecular complexity index is 1420. The van der Waals surface area contributed by atoms with Crippen LogP contribution in [0.3, 0.4) is 0 Å². The van der Waals surface area contributed by atoms with Gasteiger partial charge >= 0.3 is 0 Å². The predicted octanol–water partition coefficient (Wildman–Crippen LogP) is 3.43. The Hall–Kier alpha value is -4.31. The second-order valence-electron chi connectivity index (χ2n) is 8.05. The molecule has 5 rings (SSSR count). The molecule has 3 heterocycles. The molecule has 0 radical (unpaired) electrons. The van der Waals surface area contributed by atoms with Crippen molar-refractivity contribution in [3.8, 4) is 11.3 Å². The van der Waals surface area contributed by atoms with Crippen LogP contribution in [0.2, 0.25) is 5.02 Å². The van der Waals surface area contributed by atoms with Gasteiger partial charge in [0.2, 0.25) is 11.9 Å². The van der Waals surface area contributed by atoms with Crippen LogP contribution in [0.1, 0.15) is 27.6 Å². The van der Waals surface area contributed by atoms with Gasteiger partial charge in [-0.15, -0.1) is 10.2 Å². The van der Waals surface area contributed by atoms with Crippen molar-refractivity contribution in [2.45, 2.75) is 19.8 Å². The van der Waals surface area contributed by atoms with E-state index in [4.69, 9.17) is 11.6 Å². The molecule has 0 bridgehead atoms. The minimum absolute atomic E-state index is 0.151. The highest BCUT2D eigenvalue weighted by molar-refractivity contribution is 6.31. The summed E-state index contributed by atoms with van der Waals surface area (Å²) in [6.07, 6.45) is 2.38. The van der Waals surface area contributed by atoms with Gasteiger partial charge in [-0.05, 0) is 49.4 Å². The summed E-state index contributed by atoms with van der Waals surface area (Å²) in [7, 11) is 0. The molecule has 2 aromatic heterocycles. The number of amides is 2. The van der Waals surface area contributed by atoms with Crippen LogP contribution in [0, 0.1) is 6.92 Å². The number of fused-ring (bicyclic) bond motifs is 3. The van der Waals surface area contributed by atoms with E-state index >= 15 is 0 Å². The van der Waals surface area contributed by atoms with E-state index < -0.39 is 0 Å². The van der Waals surface area contributed by atoms with Gasteiger partial charge in [-0.25, -0.2) is 9.97 Å². The fraction of sp³-hybridized carbons (Fsp3) is 0.167. The molecule has 2 aromatic carbocycles. The third-order valence-corrected chi connectivity index (χ3v) is 5.66. The van der Waals surface area contributed by atoms with E-state index in [1.165, 1.54) is 0 Å². The van der Waals surface area contributed by atoms with Crippen molar-refractivity contribution in [2.24, 2.45) is 0 Å². The highest BCUT2D eigenvalue weighted by Crippen LogP contribution is 2.34. The normalized spacial score (nSPS) is 12.2. The molecule has 0 fully saturated rings. The summed E-state index contributed by atoms with van der Waals surface area (Å²) in [5.74, 6) is 1.52. The van der Waals surface area contributed by atoms with Crippen LogP contribution in [0.25, 0.3) is 11.3 Å². The number of hydrogen-bond acceptors (Lipinski definition) is 7. The summed E-state index contributed by atoms with van der Waals surface area (Å²) in [5.41, 5.74) is 4.01. The van der Waals surface area contributed by atoms with Crippen LogP contribution in [0.15, 0.2) is 48.7 Å². The monoisotopic (exact) mass is 488 g/mol. The van der Waals surface area contributed by atoms with Gasteiger partial charge in [0.1, 0.15) is 11.6 Å². The molecule has 4 N–H and O–H groups in total. The molecule has 4 aromatic rings. The smallest absolute Gasteiger partial charge is 0.251 e. The van der Waals surface area contributed by atoms with Gasteiger partial charge in [0.15, 0.2) is 0 Å². The number of H-pyrrole nitrogens is 1. The fourth-order valence-electron chi connectivity index (χ4n) is 3.76. The molecule has 0 saturated carbocycles. The number of benzene rings is 2. The maximum atomic E-state index is 12.4. The highest BCUT2D eigenvalue weighted by atomic mass is 35.5. The standard InChI is InChI=1S/C24H21ClN8O2/c1-13-28-20(33-32-13)8-9-26-23(35)14-2-5-17(6-3-14)29-24-27-12-15-10-21(34)30-19-11-16(25)4-7-18(19)22(15)31-24/h2-7,11-12H,8-10H2,1H3,(H,26,35)(H,30,34)(H,27,29,31)(H,28,32,33). The molecule has 0 unspecified atom stereocenters. The lowest BCUT2D eigenvalue weighted by molar-refractivity contribution is -0.115. The number of aryl methyl sites for hydroxylation is 1. The maximum absolute atomic E-state index is 12.4. The Balaban J connectivity index is 1.27. The first kappa shape index (κ1) is 22.5. The third kappa shape index (κ3) is 5.12. The van der Waals surface area contributed by atoms with Crippen molar-refractivity contribution in [1.82, 2.24) is 30.5 Å². The molecule has 176 valence electrons. The number of anilines is 3. The number of aromatic amines is 1. The second-order valence-corrected chi connectivity index (χ2v) is 8.48. The van der Waals surface area contributed by atoms with Gasteiger partial charge in [-0.3, -0.25) is 9.59 Å². The van der Waals surface area contributed by atoms with E-state index in [0.29, 0.717) is 40.9 Å². The van der Waals surface area contributed by atoms with Crippen LogP contribution >= 0.6 is 11.6 Å². The Morgan fingerprint density at radius 2 is 1.97 bits per heavy atom. The number of halogens is 1. The average molecular weight is 489 g/mol. The summed E-state index contributed by atoms with van der Waals surface area (Å²) in [6, 6.07) is 12.3. The zero-order valence-electron chi connectivity index (χ0n) is 18.7. The van der Waals surface area contributed by atoms with E-state index in [1.54, 1.807) is 42.6 Å². The number of nitrogens with one attached hydrogen (secondary N) is 4. The molecule has 1 aliphatic heterocycles. The summed E-state index contributed by atoms with van der Waals surface area (Å²) < 4.78 is 0. The van der Waals surface area contributed by atoms with E-state index in [9.17, 15) is 9.59 Å². The van der Waals surface area contributed by atoms with Crippen molar-refractivity contribution >= 4 is 40.7 Å². The van der Waals surface area contributed by atoms with Gasteiger partial charge in [-0.1, -0.05) is 11.6 Å². The minimum atomic E-state index is -0.179. The van der Waals surface area contributed by atoms with Gasteiger partial charge in [0.05, 0.1) is 17.8 Å². The first-order valence-electron chi connectivity index (χ1n) is 10.9. The first-order valence-corrected chi connectivity index (χ1v) is 11.3. The van der Waals surface area contributed by atoms with Crippen molar-refractivity contribution in [3.05, 3.63) is 76.5 Å². The fourth-order valence-corrected chi connectivity index (χ4v) is 3.93. The molecule has 11 heteroatoms. The second kappa shape index (κ2) is 9.51. The number of rotatable bonds is 6. The van der Waals surface area contributed by atoms with Gasteiger partial charge in [0, 0.05) is 46.6 Å². The Kier molecular flexibility index (Phi) is 6.11. The van der Waals surface area contributed by atoms with Crippen molar-refractivity contribution < 1.29 is 9.59 Å². The molecular formula is C24H21ClN8O2. The first-order chi connectivity index (χ1) is 16.9. The van der Waals surface area contributed by atoms with Gasteiger partial charge in [0.25, 0.3) is 5.91 Å². The van der Waals surface area contributed by atoms with Gasteiger partial charge in [-0.2, -0.15) is 0 Å². The van der Waals surface area contributed by atoms with E-state index in [0.717, 1.165) is 28.5 Å². The SMILES string of the molecule is Cc1nnc(CCNC(=O)c2ccc(Nc3ncc4c(n3)-c3ccc(Cl)cc3NC(=O)C4)cc2)[nH]1. The summed E-state index contributed by atoms with van der Waals surface area (Å²) >= 11 is 6.10. The van der Waals surface area contributed by atoms with Crippen molar-refractivity contribution in [3.63, 3.8) is 0 Å². The average Bonchev–Trinajstić information content (AvgIpc) is 3.19. The number of hydrogen-bond donors (Lipinski definition) is 4. The molecule has 35 heavy (non-hydrogen) atoms. The van der Waals surface area contributed by atoms with E-state index in [2.05, 4.69) is 41.1 Å². The number of aromatic nitrogens is 5. The van der Waals surface area contributed by atoms with Crippen LogP contribution in [0.4, 0.5) is 17.3 Å². The lowest BCUT2D eigenvalue weighted by atomic mass is 10.1. The number of carbonyl (C=O) groups is 2. The Labute approximate surface area is 205 Å². The quantitative estimate of drug-likeness (QED) is 0.326. The van der Waals surface area contributed by atoms with Crippen LogP contribution < -0.4 is 16.0 Å². The Morgan fingerprint density at radius 1 is 1.14 bits per heavy atom. The van der Waals surface area contributed by atoms with Crippen LogP contribution in [0.5, 0.6) is 0 Å². The van der Waals surface area contributed by atoms with Crippen molar-refractivity contribution in [2.75, 3.05) is 17.2 Å². The molecule has 10 nitrogen and oxygen atoms in total. The zero-order chi connectivity index (χ0) is 24.4. The van der Waals surface area contributed by atoms with E-state index in [1.807, 2.05) is 13.0 Å². The molecule has 0 atom stereocenters. The molecule has 0 aliphatic carbocycles. The highest BCUT2D eigenvalue weighted by Gasteiger charge is 2.21. The molecule has 0 saturated heterocycles. The summed E-state index contributed by atoms with van der Waals surface area (Å²) in [4.78, 5) is 36.7. The largest absolute Gasteiger partial charge is 0.352 e. The zero-order valence-corrected chi connectivity index (χ0v) is 19.5. The summed E-state index contributed by atoms with van der Waals surface area (Å²) in [5, 5.41) is 17.3. The molecule has 0 spiro atoms. The van der Waals surface area contributed by atoms with Crippen LogP contribution in [-0.4, -0.2) is 43.5 Å². The number of carbonyl (C=O) groups excluding carboxylic acids is 2. The predicted molar refractivity (Wildman–Crippen MR) is 132 cm³/mol. The van der Waals surface area contributed by atoms with E-state index in [-0.39, 0.29) is 18.2 Å². The number of nitrogens with zero attached hydrogens (tertiary/aromatic N) is 4. The maximum Gasteiger partial charge on any atom is 0.251 e. The van der Waals surface area contributed by atoms with Gasteiger partial charge < -0.3 is 20.9 Å². The van der Waals surface area contributed by atoms with Crippen molar-refractivity contribution in [1.29, 1.82) is 0 Å². The topological polar surface area (TPSA) is 138 Å². The molecule has 2 amide bonds. The molecule has 1 aliphatic rings. The third-order valence-electron chi connectivity index (χ3n) is 5.42.